The van der Waals surface area contributed by atoms with Crippen LogP contribution in [0, 0.1) is 0 Å². The van der Waals surface area contributed by atoms with Crippen LogP contribution in [-0.4, -0.2) is 52.0 Å². The summed E-state index contributed by atoms with van der Waals surface area (Å²) in [6, 6.07) is 13.1. The Morgan fingerprint density at radius 3 is 2.32 bits per heavy atom. The maximum Gasteiger partial charge on any atom is 0.257 e. The normalized spacial score (nSPS) is 17.5. The van der Waals surface area contributed by atoms with Crippen LogP contribution in [0.15, 0.2) is 61.1 Å². The molecule has 0 atom stereocenters. The molecule has 1 amide bonds. The number of nitrogens with zero attached hydrogens (tertiary/aromatic N) is 5. The number of pyridine rings is 1. The number of anilines is 1. The van der Waals surface area contributed by atoms with Gasteiger partial charge in [0.05, 0.1) is 17.4 Å². The van der Waals surface area contributed by atoms with Gasteiger partial charge in [-0.05, 0) is 49.9 Å². The van der Waals surface area contributed by atoms with Crippen LogP contribution in [-0.2, 0) is 0 Å². The second-order valence-electron chi connectivity index (χ2n) is 8.14. The van der Waals surface area contributed by atoms with E-state index in [0.717, 1.165) is 25.7 Å². The molecule has 0 bridgehead atoms. The monoisotopic (exact) mass is 502 g/mol. The molecule has 8 nitrogen and oxygen atoms in total. The first-order chi connectivity index (χ1) is 16.0. The molecule has 0 radical (unpaired) electrons. The Labute approximate surface area is 210 Å². The molecule has 1 aliphatic rings. The summed E-state index contributed by atoms with van der Waals surface area (Å²) in [5.74, 6) is 1.38. The summed E-state index contributed by atoms with van der Waals surface area (Å²) in [6.45, 7) is 0. The number of para-hydroxylation sites is 1. The van der Waals surface area contributed by atoms with E-state index in [1.165, 1.54) is 0 Å². The van der Waals surface area contributed by atoms with Gasteiger partial charge in [0, 0.05) is 32.4 Å². The highest BCUT2D eigenvalue weighted by atomic mass is 35.5. The second-order valence-corrected chi connectivity index (χ2v) is 8.58. The molecule has 0 aliphatic heterocycles. The van der Waals surface area contributed by atoms with Crippen molar-refractivity contribution in [1.29, 1.82) is 0 Å². The Balaban J connectivity index is 0.00000324. The maximum absolute atomic E-state index is 13.0. The van der Waals surface area contributed by atoms with Gasteiger partial charge in [-0.1, -0.05) is 29.8 Å². The maximum atomic E-state index is 13.0. The van der Waals surface area contributed by atoms with Gasteiger partial charge in [-0.15, -0.1) is 12.4 Å². The highest BCUT2D eigenvalue weighted by Gasteiger charge is 2.30. The van der Waals surface area contributed by atoms with Crippen molar-refractivity contribution in [3.8, 4) is 11.6 Å². The summed E-state index contributed by atoms with van der Waals surface area (Å²) >= 11 is 5.95. The number of carbonyl (C=O) groups is 1. The Kier molecular flexibility index (Phi) is 9.04. The highest BCUT2D eigenvalue weighted by molar-refractivity contribution is 6.30. The number of hydrogen-bond acceptors (Lipinski definition) is 7. The lowest BCUT2D eigenvalue weighted by Crippen LogP contribution is -2.50. The molecule has 1 aliphatic carbocycles. The van der Waals surface area contributed by atoms with E-state index >= 15 is 0 Å². The van der Waals surface area contributed by atoms with E-state index in [2.05, 4.69) is 25.3 Å². The number of amides is 1. The van der Waals surface area contributed by atoms with Gasteiger partial charge in [-0.2, -0.15) is 0 Å². The van der Waals surface area contributed by atoms with Crippen LogP contribution in [0.25, 0.3) is 0 Å². The van der Waals surface area contributed by atoms with Crippen molar-refractivity contribution in [2.45, 2.75) is 37.8 Å². The van der Waals surface area contributed by atoms with Crippen LogP contribution in [0.4, 0.5) is 5.95 Å². The first kappa shape index (κ1) is 25.7. The Morgan fingerprint density at radius 2 is 1.68 bits per heavy atom. The minimum Gasteiger partial charge on any atom is -0.438 e. The average Bonchev–Trinajstić information content (AvgIpc) is 2.82. The van der Waals surface area contributed by atoms with E-state index in [9.17, 15) is 4.79 Å². The highest BCUT2D eigenvalue weighted by Crippen LogP contribution is 2.28. The fourth-order valence-electron chi connectivity index (χ4n) is 4.07. The smallest absolute Gasteiger partial charge is 0.257 e. The van der Waals surface area contributed by atoms with Crippen LogP contribution >= 0.6 is 24.0 Å². The topological polar surface area (TPSA) is 83.5 Å². The van der Waals surface area contributed by atoms with Gasteiger partial charge >= 0.3 is 0 Å². The lowest BCUT2D eigenvalue weighted by Gasteiger charge is -2.40. The van der Waals surface area contributed by atoms with E-state index in [1.54, 1.807) is 30.7 Å². The number of hydrogen-bond donors (Lipinski definition) is 1. The van der Waals surface area contributed by atoms with Crippen molar-refractivity contribution in [3.63, 3.8) is 0 Å². The molecule has 1 saturated carbocycles. The van der Waals surface area contributed by atoms with E-state index in [1.807, 2.05) is 49.4 Å². The SMILES string of the molecule is CN(C)N(c1ncc(Cl)cn1)[C@H]1CC[C@@H](NC(=O)c2cccnc2Oc2ccccc2)CC1.Cl. The first-order valence-corrected chi connectivity index (χ1v) is 11.3. The predicted octanol–water partition coefficient (Wildman–Crippen LogP) is 4.76. The Bertz CT molecular complexity index is 1060. The van der Waals surface area contributed by atoms with Crippen molar-refractivity contribution < 1.29 is 9.53 Å². The Morgan fingerprint density at radius 1 is 1.00 bits per heavy atom. The molecule has 10 heteroatoms. The van der Waals surface area contributed by atoms with Crippen molar-refractivity contribution in [3.05, 3.63) is 71.6 Å². The fourth-order valence-corrected chi connectivity index (χ4v) is 4.16. The number of benzene rings is 1. The zero-order valence-corrected chi connectivity index (χ0v) is 20.7. The second kappa shape index (κ2) is 12.0. The molecule has 180 valence electrons. The van der Waals surface area contributed by atoms with E-state index in [-0.39, 0.29) is 30.4 Å². The van der Waals surface area contributed by atoms with Gasteiger partial charge in [0.1, 0.15) is 11.3 Å². The van der Waals surface area contributed by atoms with Crippen molar-refractivity contribution in [2.75, 3.05) is 19.1 Å². The molecule has 4 rings (SSSR count). The third-order valence-corrected chi connectivity index (χ3v) is 5.79. The molecule has 1 N–H and O–H groups in total. The van der Waals surface area contributed by atoms with Gasteiger partial charge in [0.15, 0.2) is 0 Å². The molecule has 3 aromatic rings. The minimum atomic E-state index is -0.178. The summed E-state index contributed by atoms with van der Waals surface area (Å²) in [5.41, 5.74) is 0.424. The number of nitrogens with one attached hydrogen (secondary N) is 1. The quantitative estimate of drug-likeness (QED) is 0.466. The minimum absolute atomic E-state index is 0. The standard InChI is InChI=1S/C24H27ClN6O2.ClH/c1-30(2)31(24-27-15-17(25)16-28-24)19-12-10-18(11-13-19)29-22(32)21-9-6-14-26-23(21)33-20-7-4-3-5-8-20;/h3-9,14-16,18-19H,10-13H2,1-2H3,(H,29,32);1H/t18-,19+;. The lowest BCUT2D eigenvalue weighted by molar-refractivity contribution is 0.0920. The van der Waals surface area contributed by atoms with Crippen LogP contribution < -0.4 is 15.1 Å². The largest absolute Gasteiger partial charge is 0.438 e. The number of halogens is 2. The number of rotatable bonds is 7. The average molecular weight is 503 g/mol. The summed E-state index contributed by atoms with van der Waals surface area (Å²) in [7, 11) is 3.95. The predicted molar refractivity (Wildman–Crippen MR) is 135 cm³/mol. The Hall–Kier alpha value is -2.94. The van der Waals surface area contributed by atoms with Crippen LogP contribution in [0.2, 0.25) is 5.02 Å². The molecular weight excluding hydrogens is 475 g/mol. The fraction of sp³-hybridized carbons (Fsp3) is 0.333. The van der Waals surface area contributed by atoms with E-state index < -0.39 is 0 Å². The molecule has 0 saturated heterocycles. The van der Waals surface area contributed by atoms with Crippen molar-refractivity contribution >= 4 is 35.9 Å². The van der Waals surface area contributed by atoms with Gasteiger partial charge in [0.25, 0.3) is 5.91 Å². The van der Waals surface area contributed by atoms with Gasteiger partial charge < -0.3 is 10.1 Å². The van der Waals surface area contributed by atoms with Crippen molar-refractivity contribution in [1.82, 2.24) is 25.3 Å². The zero-order valence-electron chi connectivity index (χ0n) is 19.1. The van der Waals surface area contributed by atoms with Crippen molar-refractivity contribution in [2.24, 2.45) is 0 Å². The number of aromatic nitrogens is 3. The third-order valence-electron chi connectivity index (χ3n) is 5.59. The molecule has 1 aromatic carbocycles. The molecule has 34 heavy (non-hydrogen) atoms. The molecule has 1 fully saturated rings. The van der Waals surface area contributed by atoms with E-state index in [0.29, 0.717) is 28.2 Å². The molecular formula is C24H28Cl2N6O2. The zero-order chi connectivity index (χ0) is 23.2. The summed E-state index contributed by atoms with van der Waals surface area (Å²) < 4.78 is 5.84. The van der Waals surface area contributed by atoms with Gasteiger partial charge in [-0.3, -0.25) is 9.80 Å². The number of hydrazine groups is 1. The molecule has 0 spiro atoms. The number of ether oxygens (including phenoxy) is 1. The number of carbonyl (C=O) groups excluding carboxylic acids is 1. The van der Waals surface area contributed by atoms with Crippen LogP contribution in [0.1, 0.15) is 36.0 Å². The van der Waals surface area contributed by atoms with Gasteiger partial charge in [-0.25, -0.2) is 20.0 Å². The first-order valence-electron chi connectivity index (χ1n) is 10.9. The van der Waals surface area contributed by atoms with Crippen LogP contribution in [0.3, 0.4) is 0 Å². The summed E-state index contributed by atoms with van der Waals surface area (Å²) in [4.78, 5) is 26.0. The summed E-state index contributed by atoms with van der Waals surface area (Å²) in [5, 5.41) is 7.75. The lowest BCUT2D eigenvalue weighted by atomic mass is 9.90. The molecule has 2 aromatic heterocycles. The summed E-state index contributed by atoms with van der Waals surface area (Å²) in [6.07, 6.45) is 8.33. The van der Waals surface area contributed by atoms with Crippen LogP contribution in [0.5, 0.6) is 11.6 Å². The van der Waals surface area contributed by atoms with E-state index in [4.69, 9.17) is 16.3 Å². The third kappa shape index (κ3) is 6.34. The van der Waals surface area contributed by atoms with Gasteiger partial charge in [0.2, 0.25) is 11.8 Å². The molecule has 0 unspecified atom stereocenters. The molecule has 2 heterocycles.